The van der Waals surface area contributed by atoms with Crippen molar-refractivity contribution >= 4 is 17.2 Å². The number of rotatable bonds is 6. The van der Waals surface area contributed by atoms with Crippen LogP contribution in [0.4, 0.5) is 5.69 Å². The zero-order valence-electron chi connectivity index (χ0n) is 19.2. The quantitative estimate of drug-likeness (QED) is 0.591. The molecule has 1 unspecified atom stereocenters. The molecule has 2 N–H and O–H groups in total. The highest BCUT2D eigenvalue weighted by Crippen LogP contribution is 2.19. The highest BCUT2D eigenvalue weighted by atomic mass is 16.3. The highest BCUT2D eigenvalue weighted by molar-refractivity contribution is 5.92. The van der Waals surface area contributed by atoms with Crippen LogP contribution >= 0.6 is 0 Å². The molecule has 1 saturated heterocycles. The Balaban J connectivity index is 1.15. The van der Waals surface area contributed by atoms with Gasteiger partial charge in [-0.05, 0) is 36.7 Å². The van der Waals surface area contributed by atoms with Crippen molar-refractivity contribution in [2.75, 3.05) is 57.8 Å². The molecule has 0 radical (unpaired) electrons. The van der Waals surface area contributed by atoms with Gasteiger partial charge in [0.15, 0.2) is 0 Å². The maximum atomic E-state index is 12.7. The van der Waals surface area contributed by atoms with Crippen LogP contribution in [0.1, 0.15) is 21.6 Å². The minimum atomic E-state index is -0.625. The molecule has 3 aromatic rings. The van der Waals surface area contributed by atoms with Crippen LogP contribution in [0.25, 0.3) is 5.65 Å². The number of aliphatic hydroxyl groups is 1. The number of piperazine rings is 1. The molecule has 0 aliphatic carbocycles. The van der Waals surface area contributed by atoms with E-state index in [1.165, 1.54) is 11.1 Å². The fraction of sp³-hybridized carbons (Fsp3) is 0.440. The number of fused-ring (bicyclic) bond motifs is 2. The molecule has 5 rings (SSSR count). The number of hydrogen-bond donors (Lipinski definition) is 2. The summed E-state index contributed by atoms with van der Waals surface area (Å²) in [4.78, 5) is 24.1. The van der Waals surface area contributed by atoms with Gasteiger partial charge >= 0.3 is 0 Å². The standard InChI is InChI=1S/C25H32N6O2/c1-28-10-12-30(13-11-28)21-6-7-24-27-23(18-31(24)16-21)25(33)26-14-22(32)17-29-9-8-19-4-2-3-5-20(19)15-29/h2-7,16,18,22,32H,8-15,17H2,1H3,(H,26,33). The summed E-state index contributed by atoms with van der Waals surface area (Å²) in [6.07, 6.45) is 4.17. The van der Waals surface area contributed by atoms with Crippen LogP contribution in [0.3, 0.4) is 0 Å². The van der Waals surface area contributed by atoms with Crippen LogP contribution in [-0.4, -0.2) is 89.2 Å². The lowest BCUT2D eigenvalue weighted by Gasteiger charge is -2.33. The summed E-state index contributed by atoms with van der Waals surface area (Å²) in [5, 5.41) is 13.3. The Bertz CT molecular complexity index is 1120. The number of carbonyl (C=O) groups excluding carboxylic acids is 1. The first-order valence-corrected chi connectivity index (χ1v) is 11.7. The smallest absolute Gasteiger partial charge is 0.271 e. The Morgan fingerprint density at radius 2 is 1.85 bits per heavy atom. The van der Waals surface area contributed by atoms with Crippen LogP contribution in [0.15, 0.2) is 48.8 Å². The number of imidazole rings is 1. The van der Waals surface area contributed by atoms with Crippen LogP contribution < -0.4 is 10.2 Å². The molecule has 2 aliphatic heterocycles. The van der Waals surface area contributed by atoms with Gasteiger partial charge in [-0.1, -0.05) is 24.3 Å². The maximum Gasteiger partial charge on any atom is 0.271 e. The van der Waals surface area contributed by atoms with Gasteiger partial charge < -0.3 is 24.6 Å². The Hall–Kier alpha value is -2.94. The molecule has 174 valence electrons. The minimum absolute atomic E-state index is 0.206. The molecule has 2 aromatic heterocycles. The number of nitrogens with one attached hydrogen (secondary N) is 1. The van der Waals surface area contributed by atoms with Gasteiger partial charge in [-0.2, -0.15) is 0 Å². The fourth-order valence-corrected chi connectivity index (χ4v) is 4.71. The molecule has 8 heteroatoms. The molecule has 0 spiro atoms. The molecule has 8 nitrogen and oxygen atoms in total. The molecule has 1 fully saturated rings. The third-order valence-electron chi connectivity index (χ3n) is 6.71. The molecule has 4 heterocycles. The summed E-state index contributed by atoms with van der Waals surface area (Å²) in [5.41, 5.74) is 4.95. The van der Waals surface area contributed by atoms with E-state index >= 15 is 0 Å². The molecule has 1 amide bonds. The van der Waals surface area contributed by atoms with Gasteiger partial charge in [0.25, 0.3) is 5.91 Å². The van der Waals surface area contributed by atoms with Crippen molar-refractivity contribution in [3.8, 4) is 0 Å². The Labute approximate surface area is 194 Å². The zero-order chi connectivity index (χ0) is 22.8. The summed E-state index contributed by atoms with van der Waals surface area (Å²) in [7, 11) is 2.14. The number of anilines is 1. The van der Waals surface area contributed by atoms with Crippen molar-refractivity contribution < 1.29 is 9.90 Å². The fourth-order valence-electron chi connectivity index (χ4n) is 4.71. The number of aliphatic hydroxyl groups excluding tert-OH is 1. The number of pyridine rings is 1. The van der Waals surface area contributed by atoms with Gasteiger partial charge in [0.2, 0.25) is 0 Å². The molecule has 2 aliphatic rings. The van der Waals surface area contributed by atoms with Crippen molar-refractivity contribution in [1.29, 1.82) is 0 Å². The van der Waals surface area contributed by atoms with E-state index in [-0.39, 0.29) is 12.5 Å². The van der Waals surface area contributed by atoms with Gasteiger partial charge in [-0.3, -0.25) is 9.69 Å². The van der Waals surface area contributed by atoms with Crippen LogP contribution in [0.5, 0.6) is 0 Å². The molecule has 33 heavy (non-hydrogen) atoms. The number of aromatic nitrogens is 2. The summed E-state index contributed by atoms with van der Waals surface area (Å²) in [6.45, 7) is 6.57. The molecule has 0 bridgehead atoms. The largest absolute Gasteiger partial charge is 0.390 e. The summed E-state index contributed by atoms with van der Waals surface area (Å²) in [5.74, 6) is -0.261. The van der Waals surface area contributed by atoms with Crippen LogP contribution in [-0.2, 0) is 13.0 Å². The Morgan fingerprint density at radius 1 is 1.06 bits per heavy atom. The summed E-state index contributed by atoms with van der Waals surface area (Å²) >= 11 is 0. The zero-order valence-corrected chi connectivity index (χ0v) is 19.2. The third kappa shape index (κ3) is 5.03. The second-order valence-electron chi connectivity index (χ2n) is 9.19. The van der Waals surface area contributed by atoms with Crippen molar-refractivity contribution in [2.45, 2.75) is 19.1 Å². The van der Waals surface area contributed by atoms with E-state index in [0.29, 0.717) is 12.2 Å². The van der Waals surface area contributed by atoms with Crippen molar-refractivity contribution in [2.24, 2.45) is 0 Å². The Morgan fingerprint density at radius 3 is 2.67 bits per heavy atom. The van der Waals surface area contributed by atoms with E-state index in [4.69, 9.17) is 0 Å². The average molecular weight is 449 g/mol. The van der Waals surface area contributed by atoms with Crippen molar-refractivity contribution in [1.82, 2.24) is 24.5 Å². The normalized spacial score (nSPS) is 18.3. The monoisotopic (exact) mass is 448 g/mol. The van der Waals surface area contributed by atoms with Crippen LogP contribution in [0, 0.1) is 0 Å². The van der Waals surface area contributed by atoms with Gasteiger partial charge in [0.05, 0.1) is 11.8 Å². The lowest BCUT2D eigenvalue weighted by molar-refractivity contribution is 0.0838. The second kappa shape index (κ2) is 9.51. The maximum absolute atomic E-state index is 12.7. The number of nitrogens with zero attached hydrogens (tertiary/aromatic N) is 5. The van der Waals surface area contributed by atoms with E-state index in [9.17, 15) is 9.90 Å². The van der Waals surface area contributed by atoms with Gasteiger partial charge in [0, 0.05) is 64.8 Å². The average Bonchev–Trinajstić information content (AvgIpc) is 3.26. The Kier molecular flexibility index (Phi) is 6.30. The number of likely N-dealkylation sites (N-methyl/N-ethyl adjacent to an activating group) is 1. The van der Waals surface area contributed by atoms with E-state index in [0.717, 1.165) is 57.0 Å². The minimum Gasteiger partial charge on any atom is -0.390 e. The highest BCUT2D eigenvalue weighted by Gasteiger charge is 2.20. The van der Waals surface area contributed by atoms with E-state index < -0.39 is 6.10 Å². The number of amides is 1. The topological polar surface area (TPSA) is 76.3 Å². The van der Waals surface area contributed by atoms with E-state index in [1.54, 1.807) is 6.20 Å². The molecule has 1 atom stereocenters. The lowest BCUT2D eigenvalue weighted by Crippen LogP contribution is -2.44. The number of carbonyl (C=O) groups is 1. The van der Waals surface area contributed by atoms with Crippen molar-refractivity contribution in [3.63, 3.8) is 0 Å². The first-order valence-electron chi connectivity index (χ1n) is 11.7. The SMILES string of the molecule is CN1CCN(c2ccc3nc(C(=O)NCC(O)CN4CCc5ccccc5C4)cn3c2)CC1. The first-order chi connectivity index (χ1) is 16.0. The number of hydrogen-bond acceptors (Lipinski definition) is 6. The van der Waals surface area contributed by atoms with Gasteiger partial charge in [0.1, 0.15) is 11.3 Å². The predicted octanol–water partition coefficient (Wildman–Crippen LogP) is 1.24. The summed E-state index contributed by atoms with van der Waals surface area (Å²) in [6, 6.07) is 12.5. The molecule has 0 saturated carbocycles. The lowest BCUT2D eigenvalue weighted by atomic mass is 10.00. The molecule has 1 aromatic carbocycles. The number of β-amino-alcohol motifs (C(OH)–C–C–N with tert-alkyl or cyclic N) is 1. The number of benzene rings is 1. The van der Waals surface area contributed by atoms with E-state index in [2.05, 4.69) is 62.4 Å². The summed E-state index contributed by atoms with van der Waals surface area (Å²) < 4.78 is 1.91. The van der Waals surface area contributed by atoms with Crippen molar-refractivity contribution in [3.05, 3.63) is 65.6 Å². The van der Waals surface area contributed by atoms with Gasteiger partial charge in [-0.25, -0.2) is 4.98 Å². The van der Waals surface area contributed by atoms with E-state index in [1.807, 2.05) is 16.7 Å². The van der Waals surface area contributed by atoms with Crippen LogP contribution in [0.2, 0.25) is 0 Å². The third-order valence-corrected chi connectivity index (χ3v) is 6.71. The predicted molar refractivity (Wildman–Crippen MR) is 129 cm³/mol. The second-order valence-corrected chi connectivity index (χ2v) is 9.19. The van der Waals surface area contributed by atoms with Gasteiger partial charge in [-0.15, -0.1) is 0 Å². The molecular formula is C25H32N6O2. The molecular weight excluding hydrogens is 416 g/mol. The first kappa shape index (κ1) is 21.9.